The Morgan fingerprint density at radius 2 is 1.77 bits per heavy atom. The molecule has 1 N–H and O–H groups in total. The highest BCUT2D eigenvalue weighted by Gasteiger charge is 2.30. The molecule has 0 saturated heterocycles. The number of rotatable bonds is 7. The Hall–Kier alpha value is -4.18. The summed E-state index contributed by atoms with van der Waals surface area (Å²) in [4.78, 5) is 35.9. The number of esters is 1. The second-order valence-electron chi connectivity index (χ2n) is 7.85. The summed E-state index contributed by atoms with van der Waals surface area (Å²) in [7, 11) is -2.04. The van der Waals surface area contributed by atoms with E-state index < -0.39 is 34.4 Å². The molecule has 3 aromatic rings. The average molecular weight is 494 g/mol. The van der Waals surface area contributed by atoms with Gasteiger partial charge in [-0.3, -0.25) is 19.2 Å². The van der Waals surface area contributed by atoms with E-state index in [4.69, 9.17) is 4.74 Å². The predicted octanol–water partition coefficient (Wildman–Crippen LogP) is 2.29. The number of sulfonamides is 1. The predicted molar refractivity (Wildman–Crippen MR) is 129 cm³/mol. The van der Waals surface area contributed by atoms with E-state index in [1.54, 1.807) is 48.1 Å². The second kappa shape index (κ2) is 9.98. The minimum atomic E-state index is -3.70. The maximum Gasteiger partial charge on any atom is 0.331 e. The lowest BCUT2D eigenvalue weighted by molar-refractivity contribution is -0.143. The van der Waals surface area contributed by atoms with Gasteiger partial charge in [0.25, 0.3) is 21.8 Å². The zero-order valence-corrected chi connectivity index (χ0v) is 19.7. The number of aromatic nitrogens is 1. The molecule has 0 spiro atoms. The van der Waals surface area contributed by atoms with Crippen LogP contribution in [0.1, 0.15) is 21.6 Å². The number of aryl methyl sites for hydroxylation is 1. The monoisotopic (exact) mass is 493 g/mol. The molecule has 0 aliphatic carbocycles. The number of benzene rings is 2. The Kier molecular flexibility index (Phi) is 6.83. The summed E-state index contributed by atoms with van der Waals surface area (Å²) >= 11 is 0. The molecular formula is C25H23N3O6S. The molecule has 1 aliphatic rings. The van der Waals surface area contributed by atoms with Crippen molar-refractivity contribution < 1.29 is 27.5 Å². The van der Waals surface area contributed by atoms with Crippen LogP contribution in [0.25, 0.3) is 6.08 Å². The number of hydrogen-bond donors (Lipinski definition) is 1. The molecule has 2 amide bonds. The van der Waals surface area contributed by atoms with Crippen molar-refractivity contribution in [3.63, 3.8) is 0 Å². The zero-order chi connectivity index (χ0) is 25.0. The van der Waals surface area contributed by atoms with Crippen LogP contribution in [0.4, 0.5) is 5.69 Å². The first kappa shape index (κ1) is 24.0. The normalized spacial score (nSPS) is 13.0. The number of carbonyl (C=O) groups excluding carboxylic acids is 3. The number of nitrogens with zero attached hydrogens (tertiary/aromatic N) is 2. The number of imide groups is 1. The van der Waals surface area contributed by atoms with E-state index in [1.807, 2.05) is 18.2 Å². The molecule has 2 heterocycles. The summed E-state index contributed by atoms with van der Waals surface area (Å²) < 4.78 is 33.9. The van der Waals surface area contributed by atoms with E-state index in [0.717, 1.165) is 11.6 Å². The van der Waals surface area contributed by atoms with Gasteiger partial charge < -0.3 is 9.30 Å². The minimum Gasteiger partial charge on any atom is -0.452 e. The third-order valence-electron chi connectivity index (χ3n) is 5.50. The van der Waals surface area contributed by atoms with Gasteiger partial charge in [-0.1, -0.05) is 30.3 Å². The molecule has 0 fully saturated rings. The molecule has 2 aromatic carbocycles. The number of hydrogen-bond acceptors (Lipinski definition) is 6. The van der Waals surface area contributed by atoms with Crippen LogP contribution in [0.5, 0.6) is 0 Å². The van der Waals surface area contributed by atoms with Gasteiger partial charge in [0.05, 0.1) is 10.6 Å². The lowest BCUT2D eigenvalue weighted by Crippen LogP contribution is -2.34. The summed E-state index contributed by atoms with van der Waals surface area (Å²) in [5.41, 5.74) is 2.55. The zero-order valence-electron chi connectivity index (χ0n) is 18.9. The molecule has 0 bridgehead atoms. The molecule has 0 radical (unpaired) electrons. The van der Waals surface area contributed by atoms with Crippen LogP contribution in [0.2, 0.25) is 0 Å². The van der Waals surface area contributed by atoms with Crippen molar-refractivity contribution in [3.8, 4) is 0 Å². The highest BCUT2D eigenvalue weighted by Crippen LogP contribution is 2.32. The quantitative estimate of drug-likeness (QED) is 0.399. The summed E-state index contributed by atoms with van der Waals surface area (Å²) in [5, 5.41) is 2.14. The van der Waals surface area contributed by atoms with Gasteiger partial charge in [0.2, 0.25) is 0 Å². The van der Waals surface area contributed by atoms with Gasteiger partial charge in [0.15, 0.2) is 6.61 Å². The first-order valence-electron chi connectivity index (χ1n) is 10.8. The lowest BCUT2D eigenvalue weighted by atomic mass is 10.2. The minimum absolute atomic E-state index is 0.147. The van der Waals surface area contributed by atoms with Crippen LogP contribution in [-0.2, 0) is 37.8 Å². The van der Waals surface area contributed by atoms with Gasteiger partial charge in [-0.05, 0) is 54.0 Å². The topological polar surface area (TPSA) is 115 Å². The van der Waals surface area contributed by atoms with E-state index in [1.165, 1.54) is 22.5 Å². The summed E-state index contributed by atoms with van der Waals surface area (Å²) in [6, 6.07) is 16.7. The number of fused-ring (bicyclic) bond motifs is 1. The van der Waals surface area contributed by atoms with Crippen molar-refractivity contribution in [2.24, 2.45) is 7.05 Å². The van der Waals surface area contributed by atoms with Crippen LogP contribution in [-0.4, -0.2) is 43.9 Å². The van der Waals surface area contributed by atoms with Crippen LogP contribution >= 0.6 is 0 Å². The fraction of sp³-hybridized carbons (Fsp3) is 0.160. The standard InChI is InChI=1S/C25H23N3O6S/c1-27-15-4-7-22(27)25(31)26-23(29)17-34-24(30)13-10-18-8-11-20(12-9-18)35(32,33)28-16-14-19-5-2-3-6-21(19)28/h2-13,15H,14,16-17H2,1H3,(H,26,29,31)/b13-10+. The molecule has 35 heavy (non-hydrogen) atoms. The van der Waals surface area contributed by atoms with Gasteiger partial charge in [0.1, 0.15) is 5.69 Å². The Morgan fingerprint density at radius 1 is 1.03 bits per heavy atom. The summed E-state index contributed by atoms with van der Waals surface area (Å²) in [5.74, 6) is -2.13. The molecule has 0 saturated carbocycles. The number of anilines is 1. The van der Waals surface area contributed by atoms with E-state index in [2.05, 4.69) is 5.32 Å². The van der Waals surface area contributed by atoms with Crippen molar-refractivity contribution in [2.45, 2.75) is 11.3 Å². The first-order valence-corrected chi connectivity index (χ1v) is 12.2. The van der Waals surface area contributed by atoms with Crippen molar-refractivity contribution >= 4 is 39.6 Å². The fourth-order valence-electron chi connectivity index (χ4n) is 3.71. The summed E-state index contributed by atoms with van der Waals surface area (Å²) in [6.07, 6.45) is 4.89. The molecular weight excluding hydrogens is 470 g/mol. The van der Waals surface area contributed by atoms with Gasteiger partial charge >= 0.3 is 5.97 Å². The van der Waals surface area contributed by atoms with Crippen molar-refractivity contribution in [1.82, 2.24) is 9.88 Å². The third kappa shape index (κ3) is 5.33. The Bertz CT molecular complexity index is 1410. The van der Waals surface area contributed by atoms with Gasteiger partial charge in [-0.15, -0.1) is 0 Å². The van der Waals surface area contributed by atoms with Crippen LogP contribution in [0, 0.1) is 0 Å². The van der Waals surface area contributed by atoms with Gasteiger partial charge in [-0.25, -0.2) is 13.2 Å². The lowest BCUT2D eigenvalue weighted by Gasteiger charge is -2.19. The summed E-state index contributed by atoms with van der Waals surface area (Å²) in [6.45, 7) is -0.229. The van der Waals surface area contributed by atoms with Crippen molar-refractivity contribution in [2.75, 3.05) is 17.5 Å². The fourth-order valence-corrected chi connectivity index (χ4v) is 5.21. The van der Waals surface area contributed by atoms with Crippen molar-refractivity contribution in [3.05, 3.63) is 89.8 Å². The SMILES string of the molecule is Cn1cccc1C(=O)NC(=O)COC(=O)/C=C/c1ccc(S(=O)(=O)N2CCc3ccccc32)cc1. The van der Waals surface area contributed by atoms with Crippen LogP contribution in [0.15, 0.2) is 77.8 Å². The van der Waals surface area contributed by atoms with Crippen LogP contribution < -0.4 is 9.62 Å². The van der Waals surface area contributed by atoms with E-state index in [9.17, 15) is 22.8 Å². The Morgan fingerprint density at radius 3 is 2.49 bits per heavy atom. The van der Waals surface area contributed by atoms with E-state index >= 15 is 0 Å². The Balaban J connectivity index is 1.31. The molecule has 1 aliphatic heterocycles. The molecule has 4 rings (SSSR count). The maximum absolute atomic E-state index is 13.1. The molecule has 9 nitrogen and oxygen atoms in total. The highest BCUT2D eigenvalue weighted by molar-refractivity contribution is 7.92. The molecule has 0 atom stereocenters. The average Bonchev–Trinajstić information content (AvgIpc) is 3.48. The first-order chi connectivity index (χ1) is 16.8. The number of carbonyl (C=O) groups is 3. The Labute approximate surface area is 202 Å². The molecule has 1 aromatic heterocycles. The number of nitrogens with one attached hydrogen (secondary N) is 1. The number of ether oxygens (including phenoxy) is 1. The molecule has 10 heteroatoms. The van der Waals surface area contributed by atoms with E-state index in [-0.39, 0.29) is 4.90 Å². The third-order valence-corrected chi connectivity index (χ3v) is 7.33. The van der Waals surface area contributed by atoms with Crippen LogP contribution in [0.3, 0.4) is 0 Å². The smallest absolute Gasteiger partial charge is 0.331 e. The largest absolute Gasteiger partial charge is 0.452 e. The highest BCUT2D eigenvalue weighted by atomic mass is 32.2. The number of amides is 2. The second-order valence-corrected chi connectivity index (χ2v) is 9.71. The van der Waals surface area contributed by atoms with Gasteiger partial charge in [-0.2, -0.15) is 0 Å². The van der Waals surface area contributed by atoms with Crippen molar-refractivity contribution in [1.29, 1.82) is 0 Å². The number of para-hydroxylation sites is 1. The maximum atomic E-state index is 13.1. The molecule has 0 unspecified atom stereocenters. The van der Waals surface area contributed by atoms with E-state index in [0.29, 0.717) is 29.9 Å². The van der Waals surface area contributed by atoms with Gasteiger partial charge in [0, 0.05) is 25.9 Å². The molecule has 180 valence electrons.